The maximum Gasteiger partial charge on any atom is 0.188 e. The summed E-state index contributed by atoms with van der Waals surface area (Å²) in [5, 5.41) is 5.59. The predicted octanol–water partition coefficient (Wildman–Crippen LogP) is 2.26. The molecular formula is C14H23N5S. The smallest absolute Gasteiger partial charge is 0.188 e. The number of hydrogen-bond donors (Lipinski definition) is 0. The van der Waals surface area contributed by atoms with Gasteiger partial charge in [-0.05, 0) is 40.3 Å². The van der Waals surface area contributed by atoms with Gasteiger partial charge in [0.15, 0.2) is 10.8 Å². The first-order valence-corrected chi connectivity index (χ1v) is 8.09. The van der Waals surface area contributed by atoms with Gasteiger partial charge >= 0.3 is 0 Å². The van der Waals surface area contributed by atoms with Crippen molar-refractivity contribution in [1.82, 2.24) is 19.7 Å². The van der Waals surface area contributed by atoms with Crippen molar-refractivity contribution in [1.29, 1.82) is 0 Å². The molecule has 3 heterocycles. The molecule has 1 atom stereocenters. The Labute approximate surface area is 124 Å². The minimum absolute atomic E-state index is 0.706. The van der Waals surface area contributed by atoms with Crippen molar-refractivity contribution in [2.75, 3.05) is 32.1 Å². The molecular weight excluding hydrogens is 270 g/mol. The summed E-state index contributed by atoms with van der Waals surface area (Å²) in [7, 11) is 6.35. The topological polar surface area (TPSA) is 37.2 Å². The Hall–Kier alpha value is -1.14. The van der Waals surface area contributed by atoms with Gasteiger partial charge in [0.25, 0.3) is 0 Å². The van der Waals surface area contributed by atoms with E-state index in [2.05, 4.69) is 35.9 Å². The largest absolute Gasteiger partial charge is 0.348 e. The Morgan fingerprint density at radius 3 is 2.75 bits per heavy atom. The van der Waals surface area contributed by atoms with Crippen LogP contribution >= 0.6 is 11.3 Å². The standard InChI is InChI=1S/C14H23N5S/c1-10-12-13(18(4)16-10)15-14(20-12)19-8-5-6-11(7-9-19)17(2)3/h11H,5-9H2,1-4H3/t11-/m0/s1. The molecule has 3 rings (SSSR count). The van der Waals surface area contributed by atoms with E-state index in [9.17, 15) is 0 Å². The Balaban J connectivity index is 1.82. The van der Waals surface area contributed by atoms with Crippen LogP contribution in [-0.2, 0) is 7.05 Å². The van der Waals surface area contributed by atoms with Crippen LogP contribution in [0, 0.1) is 6.92 Å². The Morgan fingerprint density at radius 2 is 2.05 bits per heavy atom. The number of aromatic nitrogens is 3. The van der Waals surface area contributed by atoms with Gasteiger partial charge in [0.2, 0.25) is 0 Å². The van der Waals surface area contributed by atoms with E-state index in [1.807, 2.05) is 11.7 Å². The van der Waals surface area contributed by atoms with Crippen molar-refractivity contribution in [2.24, 2.45) is 7.05 Å². The zero-order chi connectivity index (χ0) is 14.3. The maximum absolute atomic E-state index is 4.80. The molecule has 0 N–H and O–H groups in total. The molecule has 1 fully saturated rings. The first-order chi connectivity index (χ1) is 9.56. The number of hydrogen-bond acceptors (Lipinski definition) is 5. The third-order valence-corrected chi connectivity index (χ3v) is 5.45. The monoisotopic (exact) mass is 293 g/mol. The second kappa shape index (κ2) is 5.33. The molecule has 5 nitrogen and oxygen atoms in total. The van der Waals surface area contributed by atoms with Crippen molar-refractivity contribution in [3.63, 3.8) is 0 Å². The van der Waals surface area contributed by atoms with Crippen LogP contribution in [0.4, 0.5) is 5.13 Å². The first kappa shape index (κ1) is 13.8. The van der Waals surface area contributed by atoms with Crippen LogP contribution in [0.2, 0.25) is 0 Å². The van der Waals surface area contributed by atoms with Crippen LogP contribution in [-0.4, -0.2) is 52.9 Å². The lowest BCUT2D eigenvalue weighted by atomic mass is 10.1. The number of nitrogens with zero attached hydrogens (tertiary/aromatic N) is 5. The normalized spacial score (nSPS) is 20.9. The van der Waals surface area contributed by atoms with Gasteiger partial charge in [-0.25, -0.2) is 9.67 Å². The van der Waals surface area contributed by atoms with Crippen LogP contribution in [0.15, 0.2) is 0 Å². The summed E-state index contributed by atoms with van der Waals surface area (Å²) in [6.07, 6.45) is 3.76. The van der Waals surface area contributed by atoms with Gasteiger partial charge in [0.1, 0.15) is 0 Å². The average Bonchev–Trinajstić information content (AvgIpc) is 2.82. The van der Waals surface area contributed by atoms with Crippen LogP contribution in [0.3, 0.4) is 0 Å². The third kappa shape index (κ3) is 2.42. The fourth-order valence-electron chi connectivity index (χ4n) is 3.00. The fourth-order valence-corrected chi connectivity index (χ4v) is 4.08. The van der Waals surface area contributed by atoms with E-state index >= 15 is 0 Å². The Kier molecular flexibility index (Phi) is 3.69. The number of rotatable bonds is 2. The second-order valence-electron chi connectivity index (χ2n) is 5.89. The molecule has 0 aromatic carbocycles. The predicted molar refractivity (Wildman–Crippen MR) is 84.7 cm³/mol. The van der Waals surface area contributed by atoms with Gasteiger partial charge < -0.3 is 9.80 Å². The van der Waals surface area contributed by atoms with Crippen molar-refractivity contribution >= 4 is 26.8 Å². The van der Waals surface area contributed by atoms with Gasteiger partial charge in [-0.3, -0.25) is 0 Å². The van der Waals surface area contributed by atoms with Crippen molar-refractivity contribution in [2.45, 2.75) is 32.2 Å². The van der Waals surface area contributed by atoms with E-state index in [1.54, 1.807) is 11.3 Å². The molecule has 0 saturated carbocycles. The summed E-state index contributed by atoms with van der Waals surface area (Å²) in [5.41, 5.74) is 2.11. The van der Waals surface area contributed by atoms with Crippen LogP contribution in [0.1, 0.15) is 25.0 Å². The van der Waals surface area contributed by atoms with Crippen molar-refractivity contribution < 1.29 is 0 Å². The van der Waals surface area contributed by atoms with Crippen LogP contribution < -0.4 is 4.90 Å². The molecule has 6 heteroatoms. The first-order valence-electron chi connectivity index (χ1n) is 7.28. The molecule has 0 spiro atoms. The van der Waals surface area contributed by atoms with Gasteiger partial charge in [-0.2, -0.15) is 5.10 Å². The minimum atomic E-state index is 0.706. The highest BCUT2D eigenvalue weighted by Crippen LogP contribution is 2.32. The highest BCUT2D eigenvalue weighted by Gasteiger charge is 2.22. The van der Waals surface area contributed by atoms with Crippen LogP contribution in [0.25, 0.3) is 10.3 Å². The molecule has 110 valence electrons. The fraction of sp³-hybridized carbons (Fsp3) is 0.714. The van der Waals surface area contributed by atoms with Crippen LogP contribution in [0.5, 0.6) is 0 Å². The van der Waals surface area contributed by atoms with Gasteiger partial charge in [0, 0.05) is 26.2 Å². The molecule has 0 radical (unpaired) electrons. The lowest BCUT2D eigenvalue weighted by Gasteiger charge is -2.23. The van der Waals surface area contributed by atoms with Gasteiger partial charge in [0.05, 0.1) is 10.4 Å². The molecule has 1 aliphatic heterocycles. The summed E-state index contributed by atoms with van der Waals surface area (Å²) in [4.78, 5) is 9.61. The van der Waals surface area contributed by atoms with E-state index in [0.717, 1.165) is 29.6 Å². The second-order valence-corrected chi connectivity index (χ2v) is 6.87. The number of thiazole rings is 1. The Bertz CT molecular complexity index is 565. The molecule has 0 amide bonds. The molecule has 1 aliphatic rings. The molecule has 0 unspecified atom stereocenters. The quantitative estimate of drug-likeness (QED) is 0.851. The molecule has 0 aliphatic carbocycles. The van der Waals surface area contributed by atoms with Gasteiger partial charge in [-0.1, -0.05) is 11.3 Å². The SMILES string of the molecule is Cc1nn(C)c2nc(N3CCC[C@H](N(C)C)CC3)sc12. The minimum Gasteiger partial charge on any atom is -0.348 e. The summed E-state index contributed by atoms with van der Waals surface area (Å²) in [6.45, 7) is 4.29. The van der Waals surface area contributed by atoms with E-state index in [1.165, 1.54) is 24.0 Å². The molecule has 2 aromatic rings. The molecule has 1 saturated heterocycles. The average molecular weight is 293 g/mol. The van der Waals surface area contributed by atoms with E-state index in [4.69, 9.17) is 4.98 Å². The number of anilines is 1. The summed E-state index contributed by atoms with van der Waals surface area (Å²) < 4.78 is 3.13. The summed E-state index contributed by atoms with van der Waals surface area (Å²) in [5.74, 6) is 0. The maximum atomic E-state index is 4.80. The molecule has 2 aromatic heterocycles. The summed E-state index contributed by atoms with van der Waals surface area (Å²) in [6, 6.07) is 0.706. The molecule has 0 bridgehead atoms. The zero-order valence-corrected chi connectivity index (χ0v) is 13.6. The van der Waals surface area contributed by atoms with E-state index in [-0.39, 0.29) is 0 Å². The van der Waals surface area contributed by atoms with Crippen molar-refractivity contribution in [3.8, 4) is 0 Å². The van der Waals surface area contributed by atoms with Crippen molar-refractivity contribution in [3.05, 3.63) is 5.69 Å². The number of fused-ring (bicyclic) bond motifs is 1. The van der Waals surface area contributed by atoms with E-state index in [0.29, 0.717) is 6.04 Å². The highest BCUT2D eigenvalue weighted by molar-refractivity contribution is 7.22. The Morgan fingerprint density at radius 1 is 1.25 bits per heavy atom. The molecule has 20 heavy (non-hydrogen) atoms. The van der Waals surface area contributed by atoms with Gasteiger partial charge in [-0.15, -0.1) is 0 Å². The summed E-state index contributed by atoms with van der Waals surface area (Å²) >= 11 is 1.79. The third-order valence-electron chi connectivity index (χ3n) is 4.23. The zero-order valence-electron chi connectivity index (χ0n) is 12.8. The lowest BCUT2D eigenvalue weighted by molar-refractivity contribution is 0.272. The van der Waals surface area contributed by atoms with E-state index < -0.39 is 0 Å². The lowest BCUT2D eigenvalue weighted by Crippen LogP contribution is -2.30. The highest BCUT2D eigenvalue weighted by atomic mass is 32.1. The number of aryl methyl sites for hydroxylation is 2.